The molecule has 0 unspecified atom stereocenters. The zero-order valence-electron chi connectivity index (χ0n) is 10.5. The topological polar surface area (TPSA) is 69.6 Å². The van der Waals surface area contributed by atoms with Gasteiger partial charge in [0.2, 0.25) is 0 Å². The summed E-state index contributed by atoms with van der Waals surface area (Å²) in [7, 11) is 0. The summed E-state index contributed by atoms with van der Waals surface area (Å²) in [6.07, 6.45) is 0. The standard InChI is InChI=1S/C13H8BrClFN5/c14-10-3-2-8(6-11(10)16)21-13(18-19-20-21)9-5-7(15)1-4-12(9)17/h1-6H,17H2. The zero-order valence-corrected chi connectivity index (χ0v) is 12.8. The molecule has 0 spiro atoms. The third-order valence-corrected chi connectivity index (χ3v) is 3.75. The predicted molar refractivity (Wildman–Crippen MR) is 81.7 cm³/mol. The Bertz CT molecular complexity index is 820. The Kier molecular flexibility index (Phi) is 3.60. The number of rotatable bonds is 2. The lowest BCUT2D eigenvalue weighted by Gasteiger charge is -2.08. The highest BCUT2D eigenvalue weighted by Gasteiger charge is 2.15. The van der Waals surface area contributed by atoms with Gasteiger partial charge in [0.15, 0.2) is 5.82 Å². The first-order valence-electron chi connectivity index (χ1n) is 5.85. The van der Waals surface area contributed by atoms with Crippen LogP contribution >= 0.6 is 27.5 Å². The van der Waals surface area contributed by atoms with Crippen molar-refractivity contribution >= 4 is 33.2 Å². The molecule has 0 radical (unpaired) electrons. The van der Waals surface area contributed by atoms with Crippen LogP contribution in [0.15, 0.2) is 40.9 Å². The monoisotopic (exact) mass is 367 g/mol. The van der Waals surface area contributed by atoms with E-state index >= 15 is 0 Å². The van der Waals surface area contributed by atoms with Gasteiger partial charge in [-0.1, -0.05) is 11.6 Å². The highest BCUT2D eigenvalue weighted by atomic mass is 79.9. The van der Waals surface area contributed by atoms with Crippen molar-refractivity contribution in [2.75, 3.05) is 5.73 Å². The van der Waals surface area contributed by atoms with E-state index in [0.29, 0.717) is 32.3 Å². The molecule has 1 aromatic heterocycles. The minimum Gasteiger partial charge on any atom is -0.398 e. The molecule has 0 atom stereocenters. The fraction of sp³-hybridized carbons (Fsp3) is 0. The molecule has 0 aliphatic rings. The minimum absolute atomic E-state index is 0.364. The van der Waals surface area contributed by atoms with Crippen LogP contribution in [0.3, 0.4) is 0 Å². The van der Waals surface area contributed by atoms with Gasteiger partial charge in [0, 0.05) is 22.3 Å². The number of anilines is 1. The van der Waals surface area contributed by atoms with Gasteiger partial charge < -0.3 is 5.73 Å². The van der Waals surface area contributed by atoms with Crippen LogP contribution in [-0.4, -0.2) is 20.2 Å². The number of halogens is 3. The average molecular weight is 369 g/mol. The minimum atomic E-state index is -0.409. The Hall–Kier alpha value is -1.99. The summed E-state index contributed by atoms with van der Waals surface area (Å²) in [5, 5.41) is 12.0. The molecule has 0 saturated heterocycles. The van der Waals surface area contributed by atoms with Gasteiger partial charge in [-0.3, -0.25) is 0 Å². The Morgan fingerprint density at radius 1 is 1.19 bits per heavy atom. The second-order valence-electron chi connectivity index (χ2n) is 4.24. The molecule has 0 saturated carbocycles. The van der Waals surface area contributed by atoms with Crippen molar-refractivity contribution in [2.45, 2.75) is 0 Å². The van der Waals surface area contributed by atoms with Crippen LogP contribution in [0.2, 0.25) is 5.02 Å². The first kappa shape index (κ1) is 14.0. The van der Waals surface area contributed by atoms with Crippen molar-refractivity contribution < 1.29 is 4.39 Å². The van der Waals surface area contributed by atoms with E-state index in [9.17, 15) is 4.39 Å². The quantitative estimate of drug-likeness (QED) is 0.703. The normalized spacial score (nSPS) is 10.8. The Balaban J connectivity index is 2.17. The van der Waals surface area contributed by atoms with E-state index in [0.717, 1.165) is 0 Å². The van der Waals surface area contributed by atoms with Crippen molar-refractivity contribution in [3.63, 3.8) is 0 Å². The molecule has 0 aliphatic heterocycles. The van der Waals surface area contributed by atoms with Crippen molar-refractivity contribution in [3.8, 4) is 17.1 Å². The Morgan fingerprint density at radius 2 is 2.00 bits per heavy atom. The number of aromatic nitrogens is 4. The average Bonchev–Trinajstić information content (AvgIpc) is 2.93. The molecule has 0 amide bonds. The predicted octanol–water partition coefficient (Wildman–Crippen LogP) is 3.47. The van der Waals surface area contributed by atoms with Gasteiger partial charge in [0.25, 0.3) is 0 Å². The summed E-state index contributed by atoms with van der Waals surface area (Å²) in [6, 6.07) is 9.59. The maximum Gasteiger partial charge on any atom is 0.189 e. The van der Waals surface area contributed by atoms with Gasteiger partial charge in [-0.2, -0.15) is 4.68 Å². The van der Waals surface area contributed by atoms with Gasteiger partial charge in [0.1, 0.15) is 5.82 Å². The largest absolute Gasteiger partial charge is 0.398 e. The van der Waals surface area contributed by atoms with Crippen LogP contribution in [-0.2, 0) is 0 Å². The van der Waals surface area contributed by atoms with Gasteiger partial charge in [-0.05, 0) is 56.7 Å². The highest BCUT2D eigenvalue weighted by Crippen LogP contribution is 2.29. The van der Waals surface area contributed by atoms with Crippen LogP contribution in [0, 0.1) is 5.82 Å². The number of benzene rings is 2. The number of nitrogens with zero attached hydrogens (tertiary/aromatic N) is 4. The van der Waals surface area contributed by atoms with Crippen LogP contribution in [0.5, 0.6) is 0 Å². The number of nitrogens with two attached hydrogens (primary N) is 1. The van der Waals surface area contributed by atoms with Gasteiger partial charge in [0.05, 0.1) is 10.2 Å². The summed E-state index contributed by atoms with van der Waals surface area (Å²) >= 11 is 9.08. The van der Waals surface area contributed by atoms with E-state index in [1.165, 1.54) is 10.7 Å². The van der Waals surface area contributed by atoms with Crippen LogP contribution in [0.1, 0.15) is 0 Å². The van der Waals surface area contributed by atoms with Gasteiger partial charge in [-0.25, -0.2) is 4.39 Å². The molecule has 0 bridgehead atoms. The number of nitrogen functional groups attached to an aromatic ring is 1. The lowest BCUT2D eigenvalue weighted by atomic mass is 10.1. The van der Waals surface area contributed by atoms with Crippen molar-refractivity contribution in [1.82, 2.24) is 20.2 Å². The summed E-state index contributed by atoms with van der Waals surface area (Å²) < 4.78 is 15.4. The number of hydrogen-bond acceptors (Lipinski definition) is 4. The smallest absolute Gasteiger partial charge is 0.189 e. The molecule has 106 valence electrons. The van der Waals surface area contributed by atoms with Crippen LogP contribution < -0.4 is 5.73 Å². The van der Waals surface area contributed by atoms with Crippen molar-refractivity contribution in [1.29, 1.82) is 0 Å². The Morgan fingerprint density at radius 3 is 2.76 bits per heavy atom. The summed E-state index contributed by atoms with van der Waals surface area (Å²) in [4.78, 5) is 0. The maximum absolute atomic E-state index is 13.7. The SMILES string of the molecule is Nc1ccc(Cl)cc1-c1nnnn1-c1ccc(Br)c(F)c1. The van der Waals surface area contributed by atoms with Crippen LogP contribution in [0.25, 0.3) is 17.1 Å². The molecule has 21 heavy (non-hydrogen) atoms. The molecular formula is C13H8BrClFN5. The Labute approximate surface area is 132 Å². The lowest BCUT2D eigenvalue weighted by molar-refractivity contribution is 0.618. The summed E-state index contributed by atoms with van der Waals surface area (Å²) in [5.41, 5.74) is 7.47. The van der Waals surface area contributed by atoms with E-state index in [4.69, 9.17) is 17.3 Å². The summed E-state index contributed by atoms with van der Waals surface area (Å²) in [5.74, 6) is -0.0234. The molecule has 3 rings (SSSR count). The molecule has 3 aromatic rings. The second-order valence-corrected chi connectivity index (χ2v) is 5.54. The fourth-order valence-electron chi connectivity index (χ4n) is 1.87. The highest BCUT2D eigenvalue weighted by molar-refractivity contribution is 9.10. The first-order valence-corrected chi connectivity index (χ1v) is 7.02. The van der Waals surface area contributed by atoms with E-state index in [2.05, 4.69) is 31.5 Å². The maximum atomic E-state index is 13.7. The molecule has 2 N–H and O–H groups in total. The molecule has 2 aromatic carbocycles. The number of hydrogen-bond donors (Lipinski definition) is 1. The first-order chi connectivity index (χ1) is 10.1. The van der Waals surface area contributed by atoms with Crippen molar-refractivity contribution in [3.05, 3.63) is 51.7 Å². The molecule has 0 aliphatic carbocycles. The van der Waals surface area contributed by atoms with Crippen molar-refractivity contribution in [2.24, 2.45) is 0 Å². The van der Waals surface area contributed by atoms with Crippen LogP contribution in [0.4, 0.5) is 10.1 Å². The fourth-order valence-corrected chi connectivity index (χ4v) is 2.29. The lowest BCUT2D eigenvalue weighted by Crippen LogP contribution is -2.02. The molecular weight excluding hydrogens is 361 g/mol. The molecule has 1 heterocycles. The number of tetrazole rings is 1. The molecule has 8 heteroatoms. The van der Waals surface area contributed by atoms with E-state index in [1.54, 1.807) is 30.3 Å². The van der Waals surface area contributed by atoms with Gasteiger partial charge in [-0.15, -0.1) is 5.10 Å². The zero-order chi connectivity index (χ0) is 15.0. The van der Waals surface area contributed by atoms with E-state index in [1.807, 2.05) is 0 Å². The summed E-state index contributed by atoms with van der Waals surface area (Å²) in [6.45, 7) is 0. The van der Waals surface area contributed by atoms with Gasteiger partial charge >= 0.3 is 0 Å². The molecule has 0 fully saturated rings. The third-order valence-electron chi connectivity index (χ3n) is 2.87. The second kappa shape index (κ2) is 5.42. The van der Waals surface area contributed by atoms with E-state index in [-0.39, 0.29) is 0 Å². The third kappa shape index (κ3) is 2.62. The molecule has 5 nitrogen and oxygen atoms in total. The van der Waals surface area contributed by atoms with E-state index < -0.39 is 5.82 Å².